The predicted molar refractivity (Wildman–Crippen MR) is 86.5 cm³/mol. The summed E-state index contributed by atoms with van der Waals surface area (Å²) in [7, 11) is 1.84. The molecule has 2 fully saturated rings. The average Bonchev–Trinajstić information content (AvgIpc) is 3.25. The van der Waals surface area contributed by atoms with Crippen LogP contribution in [0.4, 0.5) is 4.79 Å². The minimum Gasteiger partial charge on any atom is -0.334 e. The number of urea groups is 1. The summed E-state index contributed by atoms with van der Waals surface area (Å²) in [5, 5.41) is 3.17. The molecule has 3 rings (SSSR count). The molecule has 1 aliphatic carbocycles. The largest absolute Gasteiger partial charge is 0.334 e. The molecule has 1 aromatic rings. The monoisotopic (exact) mass is 302 g/mol. The molecule has 0 radical (unpaired) electrons. The molecular formula is C17H26N4O. The number of carbonyl (C=O) groups excluding carboxylic acids is 1. The van der Waals surface area contributed by atoms with Crippen LogP contribution in [0.25, 0.3) is 0 Å². The van der Waals surface area contributed by atoms with E-state index in [-0.39, 0.29) is 18.1 Å². The molecule has 22 heavy (non-hydrogen) atoms. The van der Waals surface area contributed by atoms with Gasteiger partial charge in [0.05, 0.1) is 11.7 Å². The second kappa shape index (κ2) is 6.65. The maximum absolute atomic E-state index is 12.4. The number of carbonyl (C=O) groups is 1. The Morgan fingerprint density at radius 3 is 2.95 bits per heavy atom. The summed E-state index contributed by atoms with van der Waals surface area (Å²) in [4.78, 5) is 21.0. The van der Waals surface area contributed by atoms with Crippen LogP contribution in [-0.4, -0.2) is 53.5 Å². The Labute approximate surface area is 132 Å². The number of aromatic nitrogens is 1. The van der Waals surface area contributed by atoms with Gasteiger partial charge in [-0.2, -0.15) is 0 Å². The van der Waals surface area contributed by atoms with Gasteiger partial charge in [0.2, 0.25) is 0 Å². The van der Waals surface area contributed by atoms with Crippen LogP contribution in [0.5, 0.6) is 0 Å². The second-order valence-corrected chi connectivity index (χ2v) is 6.68. The summed E-state index contributed by atoms with van der Waals surface area (Å²) in [6.07, 6.45) is 5.60. The molecule has 1 saturated carbocycles. The Morgan fingerprint density at radius 1 is 1.45 bits per heavy atom. The van der Waals surface area contributed by atoms with Crippen molar-refractivity contribution < 1.29 is 4.79 Å². The van der Waals surface area contributed by atoms with Crippen molar-refractivity contribution in [2.75, 3.05) is 26.7 Å². The third-order valence-electron chi connectivity index (χ3n) is 4.83. The fraction of sp³-hybridized carbons (Fsp3) is 0.647. The van der Waals surface area contributed by atoms with Crippen molar-refractivity contribution in [3.05, 3.63) is 30.1 Å². The summed E-state index contributed by atoms with van der Waals surface area (Å²) >= 11 is 0. The molecule has 1 aliphatic heterocycles. The molecule has 0 aromatic carbocycles. The van der Waals surface area contributed by atoms with E-state index in [1.165, 1.54) is 19.4 Å². The van der Waals surface area contributed by atoms with Crippen LogP contribution < -0.4 is 5.32 Å². The smallest absolute Gasteiger partial charge is 0.317 e. The van der Waals surface area contributed by atoms with Crippen LogP contribution in [-0.2, 0) is 0 Å². The Kier molecular flexibility index (Phi) is 4.62. The minimum atomic E-state index is -0.0230. The standard InChI is InChI=1S/C17H26N4O/c1-13(16-5-3-4-9-18-16)20(2)17(22)19-15-8-10-21(12-15)11-14-6-7-14/h3-5,9,13-15H,6-8,10-12H2,1-2H3,(H,19,22)/t13-,15-/m0/s1. The number of hydrogen-bond acceptors (Lipinski definition) is 3. The maximum atomic E-state index is 12.4. The number of nitrogens with one attached hydrogen (secondary N) is 1. The molecule has 1 aromatic heterocycles. The molecule has 0 spiro atoms. The third-order valence-corrected chi connectivity index (χ3v) is 4.83. The quantitative estimate of drug-likeness (QED) is 0.907. The van der Waals surface area contributed by atoms with Gasteiger partial charge in [-0.15, -0.1) is 0 Å². The lowest BCUT2D eigenvalue weighted by Gasteiger charge is -2.26. The van der Waals surface area contributed by atoms with Gasteiger partial charge in [-0.1, -0.05) is 6.07 Å². The highest BCUT2D eigenvalue weighted by Crippen LogP contribution is 2.30. The van der Waals surface area contributed by atoms with E-state index >= 15 is 0 Å². The van der Waals surface area contributed by atoms with Gasteiger partial charge in [-0.05, 0) is 44.2 Å². The first-order chi connectivity index (χ1) is 10.6. The molecule has 5 heteroatoms. The molecule has 0 unspecified atom stereocenters. The van der Waals surface area contributed by atoms with Crippen molar-refractivity contribution in [2.45, 2.75) is 38.3 Å². The van der Waals surface area contributed by atoms with E-state index in [4.69, 9.17) is 0 Å². The zero-order valence-electron chi connectivity index (χ0n) is 13.5. The Bertz CT molecular complexity index is 503. The number of rotatable bonds is 5. The van der Waals surface area contributed by atoms with Gasteiger partial charge >= 0.3 is 6.03 Å². The lowest BCUT2D eigenvalue weighted by molar-refractivity contribution is 0.189. The lowest BCUT2D eigenvalue weighted by Crippen LogP contribution is -2.45. The van der Waals surface area contributed by atoms with Crippen molar-refractivity contribution in [1.82, 2.24) is 20.1 Å². The first kappa shape index (κ1) is 15.3. The Morgan fingerprint density at radius 2 is 2.27 bits per heavy atom. The maximum Gasteiger partial charge on any atom is 0.317 e. The number of pyridine rings is 1. The van der Waals surface area contributed by atoms with Crippen molar-refractivity contribution in [1.29, 1.82) is 0 Å². The Balaban J connectivity index is 1.48. The molecular weight excluding hydrogens is 276 g/mol. The molecule has 2 heterocycles. The van der Waals surface area contributed by atoms with Crippen LogP contribution in [0.3, 0.4) is 0 Å². The van der Waals surface area contributed by atoms with E-state index in [9.17, 15) is 4.79 Å². The second-order valence-electron chi connectivity index (χ2n) is 6.68. The van der Waals surface area contributed by atoms with Gasteiger partial charge in [0.1, 0.15) is 0 Å². The molecule has 0 bridgehead atoms. The third kappa shape index (κ3) is 3.77. The number of likely N-dealkylation sites (tertiary alicyclic amines) is 1. The molecule has 1 N–H and O–H groups in total. The Hall–Kier alpha value is -1.62. The molecule has 120 valence electrons. The van der Waals surface area contributed by atoms with E-state index in [1.807, 2.05) is 32.2 Å². The average molecular weight is 302 g/mol. The van der Waals surface area contributed by atoms with Crippen LogP contribution >= 0.6 is 0 Å². The number of nitrogens with zero attached hydrogens (tertiary/aromatic N) is 3. The fourth-order valence-corrected chi connectivity index (χ4v) is 3.06. The molecule has 5 nitrogen and oxygen atoms in total. The van der Waals surface area contributed by atoms with Crippen LogP contribution in [0.2, 0.25) is 0 Å². The zero-order chi connectivity index (χ0) is 15.5. The van der Waals surface area contributed by atoms with E-state index in [0.717, 1.165) is 31.1 Å². The van der Waals surface area contributed by atoms with Crippen LogP contribution in [0.15, 0.2) is 24.4 Å². The highest BCUT2D eigenvalue weighted by molar-refractivity contribution is 5.74. The van der Waals surface area contributed by atoms with Crippen LogP contribution in [0.1, 0.15) is 37.9 Å². The highest BCUT2D eigenvalue weighted by Gasteiger charge is 2.30. The summed E-state index contributed by atoms with van der Waals surface area (Å²) in [6, 6.07) is 6.06. The topological polar surface area (TPSA) is 48.5 Å². The first-order valence-corrected chi connectivity index (χ1v) is 8.30. The molecule has 2 atom stereocenters. The van der Waals surface area contributed by atoms with E-state index in [0.29, 0.717) is 0 Å². The summed E-state index contributed by atoms with van der Waals surface area (Å²) in [5.41, 5.74) is 0.918. The van der Waals surface area contributed by atoms with Gasteiger partial charge in [0.25, 0.3) is 0 Å². The lowest BCUT2D eigenvalue weighted by atomic mass is 10.2. The van der Waals surface area contributed by atoms with Crippen molar-refractivity contribution in [3.63, 3.8) is 0 Å². The van der Waals surface area contributed by atoms with Crippen molar-refractivity contribution in [3.8, 4) is 0 Å². The predicted octanol–water partition coefficient (Wildman–Crippen LogP) is 2.27. The van der Waals surface area contributed by atoms with E-state index in [1.54, 1.807) is 11.1 Å². The molecule has 1 saturated heterocycles. The number of amides is 2. The molecule has 2 aliphatic rings. The summed E-state index contributed by atoms with van der Waals surface area (Å²) < 4.78 is 0. The van der Waals surface area contributed by atoms with Gasteiger partial charge < -0.3 is 15.1 Å². The van der Waals surface area contributed by atoms with Gasteiger partial charge in [-0.3, -0.25) is 4.98 Å². The van der Waals surface area contributed by atoms with E-state index in [2.05, 4.69) is 15.2 Å². The van der Waals surface area contributed by atoms with Gasteiger partial charge in [0, 0.05) is 38.9 Å². The van der Waals surface area contributed by atoms with Crippen LogP contribution in [0, 0.1) is 5.92 Å². The minimum absolute atomic E-state index is 0.00331. The summed E-state index contributed by atoms with van der Waals surface area (Å²) in [5.74, 6) is 0.918. The fourth-order valence-electron chi connectivity index (χ4n) is 3.06. The first-order valence-electron chi connectivity index (χ1n) is 8.30. The summed E-state index contributed by atoms with van der Waals surface area (Å²) in [6.45, 7) is 5.33. The highest BCUT2D eigenvalue weighted by atomic mass is 16.2. The van der Waals surface area contributed by atoms with Crippen molar-refractivity contribution >= 4 is 6.03 Å². The molecule has 2 amide bonds. The van der Waals surface area contributed by atoms with Gasteiger partial charge in [0.15, 0.2) is 0 Å². The zero-order valence-corrected chi connectivity index (χ0v) is 13.5. The SMILES string of the molecule is C[C@@H](c1ccccn1)N(C)C(=O)N[C@H]1CCN(CC2CC2)C1. The number of hydrogen-bond donors (Lipinski definition) is 1. The van der Waals surface area contributed by atoms with E-state index < -0.39 is 0 Å². The van der Waals surface area contributed by atoms with Crippen molar-refractivity contribution in [2.24, 2.45) is 5.92 Å². The van der Waals surface area contributed by atoms with Gasteiger partial charge in [-0.25, -0.2) is 4.79 Å². The normalized spacial score (nSPS) is 23.3.